The second-order valence-electron chi connectivity index (χ2n) is 24.6. The molecule has 0 spiro atoms. The van der Waals surface area contributed by atoms with Crippen LogP contribution in [0.4, 0.5) is 0 Å². The Bertz CT molecular complexity index is 1340. The molecule has 0 saturated carbocycles. The molecule has 0 aliphatic heterocycles. The van der Waals surface area contributed by atoms with Crippen LogP contribution in [0.1, 0.15) is 386 Å². The van der Waals surface area contributed by atoms with E-state index < -0.39 is 12.1 Å². The maximum atomic E-state index is 12.5. The molecule has 2 unspecified atom stereocenters. The molecule has 470 valence electrons. The van der Waals surface area contributed by atoms with E-state index in [9.17, 15) is 19.8 Å². The number of carbonyl (C=O) groups excluding carboxylic acids is 2. The smallest absolute Gasteiger partial charge is 0.305 e. The average Bonchev–Trinajstić information content (AvgIpc) is 3.46. The maximum absolute atomic E-state index is 12.5. The number of aliphatic hydroxyl groups excluding tert-OH is 2. The maximum Gasteiger partial charge on any atom is 0.305 e. The molecule has 0 aliphatic rings. The fourth-order valence-electron chi connectivity index (χ4n) is 11.1. The van der Waals surface area contributed by atoms with Gasteiger partial charge in [0.15, 0.2) is 0 Å². The first kappa shape index (κ1) is 77.8. The van der Waals surface area contributed by atoms with Gasteiger partial charge in [-0.05, 0) is 77.0 Å². The predicted octanol–water partition coefficient (Wildman–Crippen LogP) is 23.3. The van der Waals surface area contributed by atoms with Crippen LogP contribution in [0.25, 0.3) is 0 Å². The number of rotatable bonds is 67. The van der Waals surface area contributed by atoms with E-state index in [1.165, 1.54) is 308 Å². The summed E-state index contributed by atoms with van der Waals surface area (Å²) in [7, 11) is 0. The third-order valence-electron chi connectivity index (χ3n) is 16.6. The zero-order valence-corrected chi connectivity index (χ0v) is 53.8. The molecule has 0 heterocycles. The second-order valence-corrected chi connectivity index (χ2v) is 24.6. The van der Waals surface area contributed by atoms with Crippen molar-refractivity contribution in [3.8, 4) is 0 Å². The molecule has 80 heavy (non-hydrogen) atoms. The summed E-state index contributed by atoms with van der Waals surface area (Å²) < 4.78 is 5.44. The number of ether oxygens (including phenoxy) is 1. The van der Waals surface area contributed by atoms with Gasteiger partial charge >= 0.3 is 5.97 Å². The molecule has 0 saturated heterocycles. The highest BCUT2D eigenvalue weighted by Crippen LogP contribution is 2.18. The van der Waals surface area contributed by atoms with Gasteiger partial charge in [0.05, 0.1) is 25.4 Å². The standard InChI is InChI=1S/C74H139NO5/c1-3-5-7-9-11-13-15-17-19-21-23-24-25-26-28-31-34-38-42-46-50-54-58-62-66-72(77)71(70-76)75-73(78)67-63-59-55-51-47-43-39-35-32-29-27-30-33-37-41-45-49-53-57-61-65-69-80-74(79)68-64-60-56-52-48-44-40-36-22-20-18-16-14-12-10-8-6-4-2/h20,22,45,49,57,61-62,66,71-72,76-77H,3-19,21,23-44,46-48,50-56,58-60,63-65,67-70H2,1-2H3,(H,75,78)/b22-20-,49-45-,61-57-,66-62+. The highest BCUT2D eigenvalue weighted by Gasteiger charge is 2.18. The van der Waals surface area contributed by atoms with Gasteiger partial charge in [0.1, 0.15) is 0 Å². The van der Waals surface area contributed by atoms with Crippen LogP contribution < -0.4 is 5.32 Å². The topological polar surface area (TPSA) is 95.9 Å². The molecule has 0 fully saturated rings. The first-order valence-electron chi connectivity index (χ1n) is 35.9. The van der Waals surface area contributed by atoms with E-state index in [0.29, 0.717) is 19.4 Å². The number of amides is 1. The Balaban J connectivity index is 3.47. The Morgan fingerprint density at radius 3 is 0.963 bits per heavy atom. The van der Waals surface area contributed by atoms with Gasteiger partial charge < -0.3 is 20.3 Å². The second kappa shape index (κ2) is 69.3. The SMILES string of the molecule is CCCCCCCCC/C=C\CCCCCCCCCC(=O)OCC/C=C\C/C=C\CCCCCCCCCCCCCCCCC(=O)NC(CO)C(O)/C=C/CCCCCCCCCCCCCCCCCCCCCCCC. The van der Waals surface area contributed by atoms with Crippen LogP contribution in [0.2, 0.25) is 0 Å². The number of unbranched alkanes of at least 4 members (excludes halogenated alkanes) is 50. The van der Waals surface area contributed by atoms with Gasteiger partial charge in [-0.1, -0.05) is 345 Å². The van der Waals surface area contributed by atoms with Crippen LogP contribution in [0.3, 0.4) is 0 Å². The number of esters is 1. The van der Waals surface area contributed by atoms with Crippen molar-refractivity contribution < 1.29 is 24.5 Å². The van der Waals surface area contributed by atoms with Gasteiger partial charge in [-0.15, -0.1) is 0 Å². The largest absolute Gasteiger partial charge is 0.465 e. The molecule has 0 aliphatic carbocycles. The molecule has 6 heteroatoms. The molecule has 0 aromatic rings. The number of nitrogens with one attached hydrogen (secondary N) is 1. The van der Waals surface area contributed by atoms with E-state index >= 15 is 0 Å². The zero-order chi connectivity index (χ0) is 57.8. The Morgan fingerprint density at radius 1 is 0.350 bits per heavy atom. The van der Waals surface area contributed by atoms with Gasteiger partial charge in [0.2, 0.25) is 5.91 Å². The van der Waals surface area contributed by atoms with Gasteiger partial charge in [-0.3, -0.25) is 9.59 Å². The Labute approximate surface area is 499 Å². The van der Waals surface area contributed by atoms with Gasteiger partial charge in [0, 0.05) is 12.8 Å². The minimum atomic E-state index is -0.851. The minimum absolute atomic E-state index is 0.0383. The van der Waals surface area contributed by atoms with Crippen molar-refractivity contribution in [3.05, 3.63) is 48.6 Å². The molecular weight excluding hydrogens is 983 g/mol. The molecule has 0 rings (SSSR count). The van der Waals surface area contributed by atoms with Crippen LogP contribution in [-0.4, -0.2) is 47.4 Å². The van der Waals surface area contributed by atoms with Gasteiger partial charge in [-0.25, -0.2) is 0 Å². The minimum Gasteiger partial charge on any atom is -0.465 e. The Morgan fingerprint density at radius 2 is 0.625 bits per heavy atom. The summed E-state index contributed by atoms with van der Waals surface area (Å²) in [6, 6.07) is -0.634. The summed E-state index contributed by atoms with van der Waals surface area (Å²) in [5, 5.41) is 23.3. The van der Waals surface area contributed by atoms with Crippen molar-refractivity contribution in [1.82, 2.24) is 5.32 Å². The summed E-state index contributed by atoms with van der Waals surface area (Å²) in [5.41, 5.74) is 0. The van der Waals surface area contributed by atoms with Crippen molar-refractivity contribution in [1.29, 1.82) is 0 Å². The molecule has 6 nitrogen and oxygen atoms in total. The van der Waals surface area contributed by atoms with Crippen molar-refractivity contribution >= 4 is 11.9 Å². The normalized spacial score (nSPS) is 12.8. The molecular formula is C74H139NO5. The van der Waals surface area contributed by atoms with Crippen molar-refractivity contribution in [2.75, 3.05) is 13.2 Å². The van der Waals surface area contributed by atoms with Crippen molar-refractivity contribution in [2.24, 2.45) is 0 Å². The lowest BCUT2D eigenvalue weighted by Crippen LogP contribution is -2.45. The number of allylic oxidation sites excluding steroid dienone is 6. The third-order valence-corrected chi connectivity index (χ3v) is 16.6. The monoisotopic (exact) mass is 1120 g/mol. The van der Waals surface area contributed by atoms with Gasteiger partial charge in [-0.2, -0.15) is 0 Å². The number of hydrogen-bond donors (Lipinski definition) is 3. The molecule has 0 bridgehead atoms. The lowest BCUT2D eigenvalue weighted by atomic mass is 10.0. The van der Waals surface area contributed by atoms with E-state index in [1.807, 2.05) is 6.08 Å². The fourth-order valence-corrected chi connectivity index (χ4v) is 11.1. The van der Waals surface area contributed by atoms with E-state index in [-0.39, 0.29) is 18.5 Å². The summed E-state index contributed by atoms with van der Waals surface area (Å²) in [6.07, 6.45) is 90.6. The van der Waals surface area contributed by atoms with Crippen molar-refractivity contribution in [2.45, 2.75) is 398 Å². The van der Waals surface area contributed by atoms with E-state index in [2.05, 4.69) is 55.6 Å². The van der Waals surface area contributed by atoms with E-state index in [4.69, 9.17) is 4.74 Å². The lowest BCUT2D eigenvalue weighted by Gasteiger charge is -2.20. The molecule has 0 aromatic carbocycles. The van der Waals surface area contributed by atoms with E-state index in [1.54, 1.807) is 6.08 Å². The van der Waals surface area contributed by atoms with Crippen LogP contribution in [-0.2, 0) is 14.3 Å². The predicted molar refractivity (Wildman–Crippen MR) is 352 cm³/mol. The summed E-state index contributed by atoms with van der Waals surface area (Å²) in [6.45, 7) is 4.82. The number of aliphatic hydroxyl groups is 2. The Hall–Kier alpha value is -2.18. The molecule has 0 radical (unpaired) electrons. The summed E-state index contributed by atoms with van der Waals surface area (Å²) >= 11 is 0. The first-order valence-corrected chi connectivity index (χ1v) is 35.9. The van der Waals surface area contributed by atoms with E-state index in [0.717, 1.165) is 51.4 Å². The summed E-state index contributed by atoms with van der Waals surface area (Å²) in [5.74, 6) is -0.108. The molecule has 3 N–H and O–H groups in total. The average molecular weight is 1120 g/mol. The van der Waals surface area contributed by atoms with Crippen molar-refractivity contribution in [3.63, 3.8) is 0 Å². The fraction of sp³-hybridized carbons (Fsp3) is 0.865. The number of carbonyl (C=O) groups is 2. The zero-order valence-electron chi connectivity index (χ0n) is 53.8. The van der Waals surface area contributed by atoms with Crippen LogP contribution >= 0.6 is 0 Å². The molecule has 1 amide bonds. The van der Waals surface area contributed by atoms with Crippen LogP contribution in [0.15, 0.2) is 48.6 Å². The highest BCUT2D eigenvalue weighted by molar-refractivity contribution is 5.76. The number of hydrogen-bond acceptors (Lipinski definition) is 5. The lowest BCUT2D eigenvalue weighted by molar-refractivity contribution is -0.143. The Kier molecular flexibility index (Phi) is 67.4. The molecule has 2 atom stereocenters. The van der Waals surface area contributed by atoms with Crippen LogP contribution in [0.5, 0.6) is 0 Å². The third kappa shape index (κ3) is 65.0. The summed E-state index contributed by atoms with van der Waals surface area (Å²) in [4.78, 5) is 24.6. The highest BCUT2D eigenvalue weighted by atomic mass is 16.5. The van der Waals surface area contributed by atoms with Gasteiger partial charge in [0.25, 0.3) is 0 Å². The quantitative estimate of drug-likeness (QED) is 0.0320. The molecule has 0 aromatic heterocycles. The first-order chi connectivity index (χ1) is 39.5. The van der Waals surface area contributed by atoms with Crippen LogP contribution in [0, 0.1) is 0 Å².